The van der Waals surface area contributed by atoms with Gasteiger partial charge in [0.25, 0.3) is 5.91 Å². The number of nitrogens with one attached hydrogen (secondary N) is 2. The van der Waals surface area contributed by atoms with Gasteiger partial charge in [-0.25, -0.2) is 0 Å². The molecule has 0 unspecified atom stereocenters. The van der Waals surface area contributed by atoms with Gasteiger partial charge in [-0.2, -0.15) is 0 Å². The van der Waals surface area contributed by atoms with E-state index in [4.69, 9.17) is 4.42 Å². The zero-order chi connectivity index (χ0) is 17.8. The Morgan fingerprint density at radius 2 is 1.76 bits per heavy atom. The number of hydrogen-bond acceptors (Lipinski definition) is 4. The number of hydrogen-bond donors (Lipinski definition) is 2. The highest BCUT2D eigenvalue weighted by Crippen LogP contribution is 2.23. The van der Waals surface area contributed by atoms with Crippen LogP contribution in [0.3, 0.4) is 0 Å². The third-order valence-corrected chi connectivity index (χ3v) is 4.69. The fourth-order valence-corrected chi connectivity index (χ4v) is 3.24. The van der Waals surface area contributed by atoms with Gasteiger partial charge in [0.05, 0.1) is 11.3 Å². The number of carbonyl (C=O) groups is 2. The first-order chi connectivity index (χ1) is 12.0. The first kappa shape index (κ1) is 17.1. The van der Waals surface area contributed by atoms with Crippen LogP contribution in [0.5, 0.6) is 0 Å². The Balaban J connectivity index is 1.52. The molecule has 0 aliphatic heterocycles. The lowest BCUT2D eigenvalue weighted by atomic mass is 10.1. The Bertz CT molecular complexity index is 933. The highest BCUT2D eigenvalue weighted by molar-refractivity contribution is 8.00. The minimum atomic E-state index is -0.390. The van der Waals surface area contributed by atoms with Crippen LogP contribution in [0.4, 0.5) is 0 Å². The van der Waals surface area contributed by atoms with E-state index in [1.54, 1.807) is 19.9 Å². The second-order valence-electron chi connectivity index (χ2n) is 5.63. The Hall–Kier alpha value is -2.73. The molecule has 3 aromatic rings. The third kappa shape index (κ3) is 4.22. The first-order valence-electron chi connectivity index (χ1n) is 7.81. The molecule has 2 N–H and O–H groups in total. The maximum atomic E-state index is 12.0. The number of fused-ring (bicyclic) bond motifs is 1. The number of benzene rings is 2. The topological polar surface area (TPSA) is 71.3 Å². The van der Waals surface area contributed by atoms with Crippen LogP contribution in [-0.2, 0) is 4.79 Å². The van der Waals surface area contributed by atoms with Crippen molar-refractivity contribution in [1.82, 2.24) is 10.9 Å². The lowest BCUT2D eigenvalue weighted by Crippen LogP contribution is -2.42. The smallest absolute Gasteiger partial charge is 0.273 e. The Labute approximate surface area is 149 Å². The maximum absolute atomic E-state index is 12.0. The Morgan fingerprint density at radius 3 is 2.48 bits per heavy atom. The summed E-state index contributed by atoms with van der Waals surface area (Å²) >= 11 is 1.42. The van der Waals surface area contributed by atoms with Gasteiger partial charge in [-0.1, -0.05) is 30.3 Å². The van der Waals surface area contributed by atoms with E-state index < -0.39 is 5.91 Å². The largest absolute Gasteiger partial charge is 0.466 e. The minimum Gasteiger partial charge on any atom is -0.466 e. The molecule has 0 saturated carbocycles. The average molecular weight is 354 g/mol. The fourth-order valence-electron chi connectivity index (χ4n) is 2.49. The minimum absolute atomic E-state index is 0.210. The quantitative estimate of drug-likeness (QED) is 0.555. The normalized spacial score (nSPS) is 10.6. The van der Waals surface area contributed by atoms with Crippen molar-refractivity contribution in [3.05, 3.63) is 65.6 Å². The van der Waals surface area contributed by atoms with Crippen LogP contribution in [0, 0.1) is 13.8 Å². The van der Waals surface area contributed by atoms with Crippen molar-refractivity contribution in [2.45, 2.75) is 18.7 Å². The van der Waals surface area contributed by atoms with Crippen molar-refractivity contribution in [2.75, 3.05) is 5.75 Å². The molecule has 0 saturated heterocycles. The third-order valence-electron chi connectivity index (χ3n) is 3.69. The summed E-state index contributed by atoms with van der Waals surface area (Å²) in [7, 11) is 0. The highest BCUT2D eigenvalue weighted by Gasteiger charge is 2.14. The second-order valence-corrected chi connectivity index (χ2v) is 6.68. The van der Waals surface area contributed by atoms with Gasteiger partial charge in [-0.05, 0) is 42.8 Å². The van der Waals surface area contributed by atoms with Crippen LogP contribution in [0.2, 0.25) is 0 Å². The van der Waals surface area contributed by atoms with Crippen LogP contribution in [0.15, 0.2) is 57.8 Å². The molecule has 6 heteroatoms. The van der Waals surface area contributed by atoms with Gasteiger partial charge in [-0.15, -0.1) is 11.8 Å². The predicted octanol–water partition coefficient (Wildman–Crippen LogP) is 3.60. The summed E-state index contributed by atoms with van der Waals surface area (Å²) in [5, 5.41) is 2.29. The first-order valence-corrected chi connectivity index (χ1v) is 8.79. The zero-order valence-corrected chi connectivity index (χ0v) is 14.8. The monoisotopic (exact) mass is 354 g/mol. The summed E-state index contributed by atoms with van der Waals surface area (Å²) in [5.74, 6) is 0.723. The van der Waals surface area contributed by atoms with Crippen LogP contribution in [-0.4, -0.2) is 17.6 Å². The summed E-state index contributed by atoms with van der Waals surface area (Å²) in [6.07, 6.45) is 0. The van der Waals surface area contributed by atoms with Crippen molar-refractivity contribution in [1.29, 1.82) is 0 Å². The summed E-state index contributed by atoms with van der Waals surface area (Å²) < 4.78 is 5.31. The molecule has 1 aromatic heterocycles. The number of aryl methyl sites for hydroxylation is 2. The number of thioether (sulfide) groups is 1. The fraction of sp³-hybridized carbons (Fsp3) is 0.158. The Kier molecular flexibility index (Phi) is 5.09. The lowest BCUT2D eigenvalue weighted by Gasteiger charge is -2.07. The van der Waals surface area contributed by atoms with Gasteiger partial charge < -0.3 is 4.42 Å². The molecule has 2 aromatic carbocycles. The molecule has 3 rings (SSSR count). The lowest BCUT2D eigenvalue weighted by molar-refractivity contribution is -0.119. The van der Waals surface area contributed by atoms with Gasteiger partial charge in [0.2, 0.25) is 5.91 Å². The molecule has 2 amide bonds. The highest BCUT2D eigenvalue weighted by atomic mass is 32.2. The molecule has 0 bridgehead atoms. The van der Waals surface area contributed by atoms with E-state index in [0.29, 0.717) is 17.1 Å². The van der Waals surface area contributed by atoms with Crippen molar-refractivity contribution in [3.63, 3.8) is 0 Å². The summed E-state index contributed by atoms with van der Waals surface area (Å²) in [6, 6.07) is 15.8. The molecule has 0 atom stereocenters. The molecule has 25 heavy (non-hydrogen) atoms. The van der Waals surface area contributed by atoms with E-state index in [1.807, 2.05) is 42.5 Å². The second kappa shape index (κ2) is 7.44. The van der Waals surface area contributed by atoms with E-state index in [9.17, 15) is 9.59 Å². The van der Waals surface area contributed by atoms with Crippen LogP contribution >= 0.6 is 11.8 Å². The van der Waals surface area contributed by atoms with E-state index in [2.05, 4.69) is 10.9 Å². The Morgan fingerprint density at radius 1 is 1.00 bits per heavy atom. The molecule has 1 heterocycles. The van der Waals surface area contributed by atoms with Crippen molar-refractivity contribution < 1.29 is 14.0 Å². The molecule has 0 fully saturated rings. The van der Waals surface area contributed by atoms with Gasteiger partial charge in [-0.3, -0.25) is 20.4 Å². The van der Waals surface area contributed by atoms with Crippen LogP contribution in [0.1, 0.15) is 21.9 Å². The number of hydrazine groups is 1. The van der Waals surface area contributed by atoms with E-state index in [1.165, 1.54) is 11.8 Å². The van der Waals surface area contributed by atoms with Crippen LogP contribution in [0.25, 0.3) is 10.8 Å². The van der Waals surface area contributed by atoms with Gasteiger partial charge in [0.15, 0.2) is 0 Å². The van der Waals surface area contributed by atoms with E-state index in [0.717, 1.165) is 15.7 Å². The molecule has 0 aliphatic carbocycles. The van der Waals surface area contributed by atoms with Crippen molar-refractivity contribution in [2.24, 2.45) is 0 Å². The molecular weight excluding hydrogens is 336 g/mol. The standard InChI is InChI=1S/C19H18N2O3S/c1-12-9-17(13(2)24-12)19(23)21-20-18(22)11-25-16-8-7-14-5-3-4-6-15(14)10-16/h3-10H,11H2,1-2H3,(H,20,22)(H,21,23). The summed E-state index contributed by atoms with van der Waals surface area (Å²) in [5.41, 5.74) is 5.25. The number of furan rings is 1. The summed E-state index contributed by atoms with van der Waals surface area (Å²) in [4.78, 5) is 24.9. The molecule has 0 radical (unpaired) electrons. The van der Waals surface area contributed by atoms with Crippen molar-refractivity contribution >= 4 is 34.3 Å². The average Bonchev–Trinajstić information content (AvgIpc) is 2.96. The molecular formula is C19H18N2O3S. The van der Waals surface area contributed by atoms with E-state index >= 15 is 0 Å². The molecule has 0 spiro atoms. The molecule has 128 valence electrons. The van der Waals surface area contributed by atoms with Crippen LogP contribution < -0.4 is 10.9 Å². The molecule has 5 nitrogen and oxygen atoms in total. The number of amides is 2. The van der Waals surface area contributed by atoms with Gasteiger partial charge in [0.1, 0.15) is 11.5 Å². The number of rotatable bonds is 4. The maximum Gasteiger partial charge on any atom is 0.273 e. The van der Waals surface area contributed by atoms with Gasteiger partial charge in [0, 0.05) is 4.90 Å². The van der Waals surface area contributed by atoms with E-state index in [-0.39, 0.29) is 11.7 Å². The predicted molar refractivity (Wildman–Crippen MR) is 98.5 cm³/mol. The van der Waals surface area contributed by atoms with Crippen molar-refractivity contribution in [3.8, 4) is 0 Å². The van der Waals surface area contributed by atoms with Gasteiger partial charge >= 0.3 is 0 Å². The SMILES string of the molecule is Cc1cc(C(=O)NNC(=O)CSc2ccc3ccccc3c2)c(C)o1. The summed E-state index contributed by atoms with van der Waals surface area (Å²) in [6.45, 7) is 3.47. The molecule has 0 aliphatic rings. The zero-order valence-electron chi connectivity index (χ0n) is 14.0. The number of carbonyl (C=O) groups excluding carboxylic acids is 2.